The number of carboxylic acid groups (broad SMARTS) is 1. The van der Waals surface area contributed by atoms with Crippen molar-refractivity contribution < 1.29 is 18.7 Å². The molecule has 1 aliphatic carbocycles. The molecule has 7 heteroatoms. The van der Waals surface area contributed by atoms with E-state index in [9.17, 15) is 13.6 Å². The molecule has 1 N–H and O–H groups in total. The van der Waals surface area contributed by atoms with Gasteiger partial charge in [-0.05, 0) is 12.3 Å². The van der Waals surface area contributed by atoms with Crippen LogP contribution in [0, 0.1) is 17.6 Å². The Kier molecular flexibility index (Phi) is 3.16. The molecule has 1 fully saturated rings. The highest BCUT2D eigenvalue weighted by atomic mass is 32.2. The molecule has 20 heavy (non-hydrogen) atoms. The molecule has 0 spiro atoms. The Labute approximate surface area is 117 Å². The van der Waals surface area contributed by atoms with E-state index < -0.39 is 17.6 Å². The van der Waals surface area contributed by atoms with Crippen LogP contribution in [-0.4, -0.2) is 26.4 Å². The molecule has 2 aromatic rings. The van der Waals surface area contributed by atoms with Gasteiger partial charge in [-0.15, -0.1) is 0 Å². The van der Waals surface area contributed by atoms with Gasteiger partial charge in [-0.3, -0.25) is 4.79 Å². The van der Waals surface area contributed by atoms with Gasteiger partial charge in [-0.2, -0.15) is 0 Å². The van der Waals surface area contributed by atoms with Crippen molar-refractivity contribution in [1.82, 2.24) is 9.55 Å². The first-order chi connectivity index (χ1) is 9.47. The molecule has 1 aromatic heterocycles. The summed E-state index contributed by atoms with van der Waals surface area (Å²) in [6.45, 7) is 2.04. The Morgan fingerprint density at radius 1 is 1.55 bits per heavy atom. The molecular formula is C13H12F2N2O2S. The van der Waals surface area contributed by atoms with Gasteiger partial charge in [0.25, 0.3) is 0 Å². The number of benzene rings is 1. The zero-order chi connectivity index (χ0) is 14.4. The number of hydrogen-bond donors (Lipinski definition) is 1. The molecule has 2 atom stereocenters. The molecule has 0 radical (unpaired) electrons. The monoisotopic (exact) mass is 298 g/mol. The summed E-state index contributed by atoms with van der Waals surface area (Å²) in [4.78, 5) is 14.8. The second kappa shape index (κ2) is 4.73. The number of aromatic nitrogens is 2. The molecule has 1 aliphatic rings. The maximum atomic E-state index is 13.8. The lowest BCUT2D eigenvalue weighted by molar-refractivity contribution is -0.133. The van der Waals surface area contributed by atoms with Crippen LogP contribution in [0.3, 0.4) is 0 Å². The minimum absolute atomic E-state index is 0.0957. The average Bonchev–Trinajstić information content (AvgIpc) is 2.95. The quantitative estimate of drug-likeness (QED) is 0.881. The molecule has 1 aromatic carbocycles. The first-order valence-corrected chi connectivity index (χ1v) is 7.17. The highest BCUT2D eigenvalue weighted by Gasteiger charge is 2.37. The van der Waals surface area contributed by atoms with Gasteiger partial charge in [-0.25, -0.2) is 13.8 Å². The van der Waals surface area contributed by atoms with E-state index in [1.807, 2.05) is 6.92 Å². The number of fused-ring (bicyclic) bond motifs is 1. The van der Waals surface area contributed by atoms with Gasteiger partial charge >= 0.3 is 5.97 Å². The van der Waals surface area contributed by atoms with Crippen LogP contribution in [0.15, 0.2) is 17.3 Å². The Hall–Kier alpha value is -1.63. The molecule has 1 heterocycles. The summed E-state index contributed by atoms with van der Waals surface area (Å²) in [6.07, 6.45) is 0.907. The summed E-state index contributed by atoms with van der Waals surface area (Å²) in [7, 11) is 0. The number of hydrogen-bond acceptors (Lipinski definition) is 3. The number of thioether (sulfide) groups is 1. The summed E-state index contributed by atoms with van der Waals surface area (Å²) in [5.41, 5.74) is 0.489. The summed E-state index contributed by atoms with van der Waals surface area (Å²) in [5.74, 6) is -2.09. The van der Waals surface area contributed by atoms with Crippen LogP contribution in [0.2, 0.25) is 0 Å². The molecule has 2 unspecified atom stereocenters. The number of imidazole rings is 1. The van der Waals surface area contributed by atoms with Crippen molar-refractivity contribution in [2.45, 2.75) is 24.5 Å². The van der Waals surface area contributed by atoms with Crippen LogP contribution in [0.5, 0.6) is 0 Å². The van der Waals surface area contributed by atoms with Crippen molar-refractivity contribution in [1.29, 1.82) is 0 Å². The van der Waals surface area contributed by atoms with E-state index >= 15 is 0 Å². The predicted octanol–water partition coefficient (Wildman–Crippen LogP) is 3.07. The van der Waals surface area contributed by atoms with Gasteiger partial charge in [0.1, 0.15) is 11.3 Å². The molecule has 0 amide bonds. The smallest absolute Gasteiger partial charge is 0.313 e. The van der Waals surface area contributed by atoms with E-state index in [-0.39, 0.29) is 17.3 Å². The van der Waals surface area contributed by atoms with Crippen molar-refractivity contribution in [3.63, 3.8) is 0 Å². The van der Waals surface area contributed by atoms with Gasteiger partial charge < -0.3 is 9.67 Å². The second-order valence-corrected chi connectivity index (χ2v) is 5.92. The van der Waals surface area contributed by atoms with Crippen LogP contribution in [0.25, 0.3) is 11.0 Å². The summed E-state index contributed by atoms with van der Waals surface area (Å²) >= 11 is 1.03. The lowest BCUT2D eigenvalue weighted by Gasteiger charge is -2.07. The number of carbonyl (C=O) groups is 1. The van der Waals surface area contributed by atoms with Crippen LogP contribution < -0.4 is 0 Å². The first kappa shape index (κ1) is 13.4. The maximum Gasteiger partial charge on any atom is 0.313 e. The SMILES string of the molecule is CC1CC1n1c(SCC(=O)O)nc2c(F)cc(F)cc21. The number of nitrogens with zero attached hydrogens (tertiary/aromatic N) is 2. The number of rotatable bonds is 4. The zero-order valence-electron chi connectivity index (χ0n) is 10.6. The maximum absolute atomic E-state index is 13.8. The summed E-state index contributed by atoms with van der Waals surface area (Å²) in [6, 6.07) is 2.18. The van der Waals surface area contributed by atoms with E-state index in [0.717, 1.165) is 24.2 Å². The fourth-order valence-electron chi connectivity index (χ4n) is 2.31. The van der Waals surface area contributed by atoms with Gasteiger partial charge in [-0.1, -0.05) is 18.7 Å². The molecule has 0 saturated heterocycles. The first-order valence-electron chi connectivity index (χ1n) is 6.19. The van der Waals surface area contributed by atoms with Crippen molar-refractivity contribution in [3.8, 4) is 0 Å². The van der Waals surface area contributed by atoms with E-state index in [0.29, 0.717) is 16.6 Å². The van der Waals surface area contributed by atoms with Crippen LogP contribution in [0.4, 0.5) is 8.78 Å². The lowest BCUT2D eigenvalue weighted by Crippen LogP contribution is -2.02. The Balaban J connectivity index is 2.13. The predicted molar refractivity (Wildman–Crippen MR) is 70.8 cm³/mol. The Morgan fingerprint density at radius 3 is 2.85 bits per heavy atom. The molecule has 1 saturated carbocycles. The van der Waals surface area contributed by atoms with Crippen molar-refractivity contribution in [3.05, 3.63) is 23.8 Å². The highest BCUT2D eigenvalue weighted by Crippen LogP contribution is 2.46. The zero-order valence-corrected chi connectivity index (χ0v) is 11.5. The standard InChI is InChI=1S/C13H12F2N2O2S/c1-6-2-9(6)17-10-4-7(14)3-8(15)12(10)16-13(17)20-5-11(18)19/h3-4,6,9H,2,5H2,1H3,(H,18,19). The Bertz CT molecular complexity index is 701. The minimum Gasteiger partial charge on any atom is -0.481 e. The van der Waals surface area contributed by atoms with E-state index in [2.05, 4.69) is 4.98 Å². The van der Waals surface area contributed by atoms with Crippen LogP contribution >= 0.6 is 11.8 Å². The fourth-order valence-corrected chi connectivity index (χ4v) is 3.09. The van der Waals surface area contributed by atoms with Gasteiger partial charge in [0.05, 0.1) is 11.3 Å². The topological polar surface area (TPSA) is 55.1 Å². The fraction of sp³-hybridized carbons (Fsp3) is 0.385. The van der Waals surface area contributed by atoms with E-state index in [1.165, 1.54) is 6.07 Å². The molecule has 0 aliphatic heterocycles. The van der Waals surface area contributed by atoms with Crippen molar-refractivity contribution in [2.24, 2.45) is 5.92 Å². The highest BCUT2D eigenvalue weighted by molar-refractivity contribution is 7.99. The van der Waals surface area contributed by atoms with Crippen LogP contribution in [-0.2, 0) is 4.79 Å². The second-order valence-electron chi connectivity index (χ2n) is 4.98. The van der Waals surface area contributed by atoms with Crippen molar-refractivity contribution >= 4 is 28.8 Å². The van der Waals surface area contributed by atoms with Gasteiger partial charge in [0.2, 0.25) is 0 Å². The van der Waals surface area contributed by atoms with E-state index in [4.69, 9.17) is 5.11 Å². The largest absolute Gasteiger partial charge is 0.481 e. The van der Waals surface area contributed by atoms with Gasteiger partial charge in [0, 0.05) is 18.2 Å². The average molecular weight is 298 g/mol. The van der Waals surface area contributed by atoms with Crippen molar-refractivity contribution in [2.75, 3.05) is 5.75 Å². The minimum atomic E-state index is -0.968. The third-order valence-corrected chi connectivity index (χ3v) is 4.34. The third-order valence-electron chi connectivity index (χ3n) is 3.40. The third kappa shape index (κ3) is 2.26. The molecule has 4 nitrogen and oxygen atoms in total. The summed E-state index contributed by atoms with van der Waals surface area (Å²) < 4.78 is 28.9. The number of halogens is 2. The van der Waals surface area contributed by atoms with Crippen LogP contribution in [0.1, 0.15) is 19.4 Å². The molecule has 3 rings (SSSR count). The molecule has 0 bridgehead atoms. The lowest BCUT2D eigenvalue weighted by atomic mass is 10.3. The molecule has 106 valence electrons. The Morgan fingerprint density at radius 2 is 2.25 bits per heavy atom. The van der Waals surface area contributed by atoms with Gasteiger partial charge in [0.15, 0.2) is 11.0 Å². The molecular weight excluding hydrogens is 286 g/mol. The normalized spacial score (nSPS) is 21.4. The number of aliphatic carboxylic acids is 1. The van der Waals surface area contributed by atoms with E-state index in [1.54, 1.807) is 4.57 Å². The summed E-state index contributed by atoms with van der Waals surface area (Å²) in [5, 5.41) is 9.19. The number of carboxylic acids is 1.